The Balaban J connectivity index is 1.77. The molecule has 0 amide bonds. The molecule has 0 aromatic heterocycles. The van der Waals surface area contributed by atoms with Crippen LogP contribution < -0.4 is 4.74 Å². The minimum atomic E-state index is -0.334. The fraction of sp³-hybridized carbons (Fsp3) is 0.174. The van der Waals surface area contributed by atoms with Crippen LogP contribution in [0.25, 0.3) is 0 Å². The first-order valence-corrected chi connectivity index (χ1v) is 8.42. The summed E-state index contributed by atoms with van der Waals surface area (Å²) >= 11 is 0. The number of rotatable bonds is 4. The molecule has 0 aliphatic heterocycles. The monoisotopic (exact) mass is 330 g/mol. The zero-order valence-electron chi connectivity index (χ0n) is 14.8. The molecule has 3 aromatic carbocycles. The second kappa shape index (κ2) is 6.94. The van der Waals surface area contributed by atoms with Gasteiger partial charge in [0.15, 0.2) is 0 Å². The van der Waals surface area contributed by atoms with Crippen LogP contribution in [-0.2, 0) is 5.41 Å². The van der Waals surface area contributed by atoms with Crippen molar-refractivity contribution in [2.75, 3.05) is 0 Å². The van der Waals surface area contributed by atoms with E-state index in [2.05, 4.69) is 38.1 Å². The molecule has 126 valence electrons. The van der Waals surface area contributed by atoms with Crippen molar-refractivity contribution in [3.05, 3.63) is 101 Å². The van der Waals surface area contributed by atoms with Crippen molar-refractivity contribution in [1.29, 1.82) is 0 Å². The number of hydrogen-bond donors (Lipinski definition) is 0. The minimum Gasteiger partial charge on any atom is -0.423 e. The number of carbonyl (C=O) groups excluding carboxylic acids is 1. The normalized spacial score (nSPS) is 11.2. The predicted octanol–water partition coefficient (Wildman–Crippen LogP) is 5.54. The lowest BCUT2D eigenvalue weighted by Crippen LogP contribution is -2.18. The van der Waals surface area contributed by atoms with Crippen molar-refractivity contribution < 1.29 is 9.53 Å². The molecule has 0 fully saturated rings. The van der Waals surface area contributed by atoms with E-state index in [4.69, 9.17) is 4.74 Å². The molecule has 2 heteroatoms. The molecule has 0 saturated heterocycles. The van der Waals surface area contributed by atoms with Gasteiger partial charge in [-0.3, -0.25) is 0 Å². The SMILES string of the molecule is Cc1cccc(C(=O)Oc2ccc(C(C)(C)c3ccccc3)cc2)c1. The first kappa shape index (κ1) is 17.0. The van der Waals surface area contributed by atoms with E-state index in [0.29, 0.717) is 11.3 Å². The van der Waals surface area contributed by atoms with Crippen LogP contribution >= 0.6 is 0 Å². The smallest absolute Gasteiger partial charge is 0.343 e. The maximum Gasteiger partial charge on any atom is 0.343 e. The van der Waals surface area contributed by atoms with Gasteiger partial charge < -0.3 is 4.74 Å². The molecule has 25 heavy (non-hydrogen) atoms. The van der Waals surface area contributed by atoms with Crippen molar-refractivity contribution in [2.24, 2.45) is 0 Å². The van der Waals surface area contributed by atoms with Gasteiger partial charge in [0.05, 0.1) is 5.56 Å². The van der Waals surface area contributed by atoms with Crippen molar-refractivity contribution in [2.45, 2.75) is 26.2 Å². The highest BCUT2D eigenvalue weighted by molar-refractivity contribution is 5.91. The standard InChI is InChI=1S/C23H22O2/c1-17-8-7-9-18(16-17)22(24)25-21-14-12-20(13-15-21)23(2,3)19-10-5-4-6-11-19/h4-16H,1-3H3. The summed E-state index contributed by atoms with van der Waals surface area (Å²) in [5.41, 5.74) is 3.91. The van der Waals surface area contributed by atoms with E-state index < -0.39 is 0 Å². The number of benzene rings is 3. The molecule has 3 rings (SSSR count). The second-order valence-electron chi connectivity index (χ2n) is 6.77. The largest absolute Gasteiger partial charge is 0.423 e. The molecule has 0 atom stereocenters. The third-order valence-electron chi connectivity index (χ3n) is 4.54. The number of aryl methyl sites for hydroxylation is 1. The summed E-state index contributed by atoms with van der Waals surface area (Å²) in [6.07, 6.45) is 0. The third kappa shape index (κ3) is 3.80. The van der Waals surface area contributed by atoms with Gasteiger partial charge in [-0.2, -0.15) is 0 Å². The molecule has 0 bridgehead atoms. The van der Waals surface area contributed by atoms with Crippen LogP contribution in [0.5, 0.6) is 5.75 Å². The Morgan fingerprint density at radius 3 is 2.08 bits per heavy atom. The van der Waals surface area contributed by atoms with Crippen molar-refractivity contribution in [3.63, 3.8) is 0 Å². The molecule has 3 aromatic rings. The van der Waals surface area contributed by atoms with Crippen LogP contribution in [0.2, 0.25) is 0 Å². The number of hydrogen-bond acceptors (Lipinski definition) is 2. The summed E-state index contributed by atoms with van der Waals surface area (Å²) in [4.78, 5) is 12.2. The van der Waals surface area contributed by atoms with Crippen LogP contribution in [0.3, 0.4) is 0 Å². The Hall–Kier alpha value is -2.87. The van der Waals surface area contributed by atoms with Gasteiger partial charge in [-0.1, -0.05) is 74.0 Å². The van der Waals surface area contributed by atoms with Crippen molar-refractivity contribution in [1.82, 2.24) is 0 Å². The predicted molar refractivity (Wildman–Crippen MR) is 101 cm³/mol. The summed E-state index contributed by atoms with van der Waals surface area (Å²) in [6.45, 7) is 6.34. The fourth-order valence-electron chi connectivity index (χ4n) is 2.90. The van der Waals surface area contributed by atoms with Gasteiger partial charge in [-0.25, -0.2) is 4.79 Å². The summed E-state index contributed by atoms with van der Waals surface area (Å²) in [5.74, 6) is 0.220. The van der Waals surface area contributed by atoms with Gasteiger partial charge in [-0.05, 0) is 42.3 Å². The summed E-state index contributed by atoms with van der Waals surface area (Å²) in [7, 11) is 0. The summed E-state index contributed by atoms with van der Waals surface area (Å²) in [6, 6.07) is 25.5. The lowest BCUT2D eigenvalue weighted by molar-refractivity contribution is 0.0734. The van der Waals surface area contributed by atoms with Gasteiger partial charge in [0.25, 0.3) is 0 Å². The summed E-state index contributed by atoms with van der Waals surface area (Å²) < 4.78 is 5.49. The van der Waals surface area contributed by atoms with Gasteiger partial charge in [0.2, 0.25) is 0 Å². The van der Waals surface area contributed by atoms with Crippen LogP contribution in [-0.4, -0.2) is 5.97 Å². The van der Waals surface area contributed by atoms with Crippen LogP contribution in [0.15, 0.2) is 78.9 Å². The Morgan fingerprint density at radius 2 is 1.44 bits per heavy atom. The number of ether oxygens (including phenoxy) is 1. The molecule has 0 aliphatic rings. The topological polar surface area (TPSA) is 26.3 Å². The lowest BCUT2D eigenvalue weighted by atomic mass is 9.78. The van der Waals surface area contributed by atoms with E-state index in [0.717, 1.165) is 5.56 Å². The van der Waals surface area contributed by atoms with Gasteiger partial charge in [0.1, 0.15) is 5.75 Å². The molecule has 0 heterocycles. The number of carbonyl (C=O) groups is 1. The highest BCUT2D eigenvalue weighted by Gasteiger charge is 2.22. The molecule has 0 radical (unpaired) electrons. The molecule has 0 saturated carbocycles. The van der Waals surface area contributed by atoms with E-state index in [9.17, 15) is 4.79 Å². The first-order valence-electron chi connectivity index (χ1n) is 8.42. The average Bonchev–Trinajstić information content (AvgIpc) is 2.63. The van der Waals surface area contributed by atoms with Crippen LogP contribution in [0, 0.1) is 6.92 Å². The molecular formula is C23H22O2. The maximum atomic E-state index is 12.2. The zero-order chi connectivity index (χ0) is 17.9. The van der Waals surface area contributed by atoms with Crippen molar-refractivity contribution in [3.8, 4) is 5.75 Å². The zero-order valence-corrected chi connectivity index (χ0v) is 14.8. The minimum absolute atomic E-state index is 0.111. The van der Waals surface area contributed by atoms with E-state index in [1.165, 1.54) is 11.1 Å². The first-order chi connectivity index (χ1) is 12.0. The van der Waals surface area contributed by atoms with E-state index in [1.807, 2.05) is 55.5 Å². The maximum absolute atomic E-state index is 12.2. The Bertz CT molecular complexity index is 862. The van der Waals surface area contributed by atoms with Crippen molar-refractivity contribution >= 4 is 5.97 Å². The van der Waals surface area contributed by atoms with Crippen LogP contribution in [0.1, 0.15) is 40.9 Å². The quantitative estimate of drug-likeness (QED) is 0.464. The molecular weight excluding hydrogens is 308 g/mol. The molecule has 0 N–H and O–H groups in total. The Labute approximate surface area is 149 Å². The van der Waals surface area contributed by atoms with E-state index in [-0.39, 0.29) is 11.4 Å². The van der Waals surface area contributed by atoms with E-state index in [1.54, 1.807) is 6.07 Å². The lowest BCUT2D eigenvalue weighted by Gasteiger charge is -2.26. The summed E-state index contributed by atoms with van der Waals surface area (Å²) in [5, 5.41) is 0. The highest BCUT2D eigenvalue weighted by Crippen LogP contribution is 2.32. The molecule has 0 aliphatic carbocycles. The average molecular weight is 330 g/mol. The number of esters is 1. The molecule has 0 spiro atoms. The molecule has 0 unspecified atom stereocenters. The Morgan fingerprint density at radius 1 is 0.800 bits per heavy atom. The van der Waals surface area contributed by atoms with Gasteiger partial charge >= 0.3 is 5.97 Å². The van der Waals surface area contributed by atoms with Gasteiger partial charge in [-0.15, -0.1) is 0 Å². The molecule has 2 nitrogen and oxygen atoms in total. The Kier molecular flexibility index (Phi) is 4.71. The highest BCUT2D eigenvalue weighted by atomic mass is 16.5. The van der Waals surface area contributed by atoms with E-state index >= 15 is 0 Å². The van der Waals surface area contributed by atoms with Gasteiger partial charge in [0, 0.05) is 5.41 Å². The third-order valence-corrected chi connectivity index (χ3v) is 4.54. The fourth-order valence-corrected chi connectivity index (χ4v) is 2.90. The second-order valence-corrected chi connectivity index (χ2v) is 6.77. The van der Waals surface area contributed by atoms with Crippen LogP contribution in [0.4, 0.5) is 0 Å².